The maximum absolute atomic E-state index is 6.00. The van der Waals surface area contributed by atoms with Crippen LogP contribution >= 0.6 is 0 Å². The van der Waals surface area contributed by atoms with E-state index >= 15 is 0 Å². The third-order valence-electron chi connectivity index (χ3n) is 3.31. The second-order valence-electron chi connectivity index (χ2n) is 4.78. The van der Waals surface area contributed by atoms with Crippen LogP contribution in [0.25, 0.3) is 5.57 Å². The lowest BCUT2D eigenvalue weighted by molar-refractivity contribution is 0.287. The average Bonchev–Trinajstić information content (AvgIpc) is 2.41. The van der Waals surface area contributed by atoms with Crippen LogP contribution in [-0.2, 0) is 0 Å². The first-order chi connectivity index (χ1) is 9.24. The van der Waals surface area contributed by atoms with E-state index in [0.717, 1.165) is 30.8 Å². The van der Waals surface area contributed by atoms with Gasteiger partial charge in [-0.2, -0.15) is 0 Å². The molecule has 0 radical (unpaired) electrons. The maximum Gasteiger partial charge on any atom is 0.161 e. The molecule has 0 saturated carbocycles. The number of hydrogen-bond acceptors (Lipinski definition) is 3. The topological polar surface area (TPSA) is 44.5 Å². The van der Waals surface area contributed by atoms with Crippen LogP contribution in [0.15, 0.2) is 24.3 Å². The normalized spacial score (nSPS) is 18.9. The van der Waals surface area contributed by atoms with Crippen molar-refractivity contribution in [3.8, 4) is 11.5 Å². The lowest BCUT2D eigenvalue weighted by Gasteiger charge is -2.19. The monoisotopic (exact) mass is 261 g/mol. The molecule has 3 nitrogen and oxygen atoms in total. The van der Waals surface area contributed by atoms with Crippen molar-refractivity contribution in [1.82, 2.24) is 0 Å². The zero-order chi connectivity index (χ0) is 13.7. The Bertz CT molecular complexity index is 454. The largest absolute Gasteiger partial charge is 0.490 e. The molecule has 19 heavy (non-hydrogen) atoms. The highest BCUT2D eigenvalue weighted by Crippen LogP contribution is 2.34. The quantitative estimate of drug-likeness (QED) is 0.883. The molecule has 1 aliphatic carbocycles. The molecule has 1 atom stereocenters. The zero-order valence-electron chi connectivity index (χ0n) is 11.8. The maximum atomic E-state index is 6.00. The van der Waals surface area contributed by atoms with E-state index in [1.807, 2.05) is 19.9 Å². The van der Waals surface area contributed by atoms with Crippen molar-refractivity contribution in [2.45, 2.75) is 39.2 Å². The fourth-order valence-electron chi connectivity index (χ4n) is 2.44. The fourth-order valence-corrected chi connectivity index (χ4v) is 2.44. The summed E-state index contributed by atoms with van der Waals surface area (Å²) in [4.78, 5) is 0. The number of allylic oxidation sites excluding steroid dienone is 1. The molecule has 0 heterocycles. The van der Waals surface area contributed by atoms with Gasteiger partial charge in [-0.3, -0.25) is 0 Å². The average molecular weight is 261 g/mol. The van der Waals surface area contributed by atoms with Crippen LogP contribution < -0.4 is 15.2 Å². The molecule has 1 unspecified atom stereocenters. The molecule has 0 saturated heterocycles. The standard InChI is InChI=1S/C16H23NO2/c1-3-18-15-9-8-13(11-16(15)19-4-2)12-6-5-7-14(17)10-12/h8-11,14H,3-7,17H2,1-2H3. The Morgan fingerprint density at radius 3 is 2.58 bits per heavy atom. The highest BCUT2D eigenvalue weighted by Gasteiger charge is 2.13. The van der Waals surface area contributed by atoms with Gasteiger partial charge in [0.2, 0.25) is 0 Å². The number of nitrogens with two attached hydrogens (primary N) is 1. The molecule has 1 aliphatic rings. The molecule has 2 N–H and O–H groups in total. The first-order valence-electron chi connectivity index (χ1n) is 7.10. The minimum atomic E-state index is 0.186. The van der Waals surface area contributed by atoms with Crippen LogP contribution in [0.2, 0.25) is 0 Å². The van der Waals surface area contributed by atoms with Gasteiger partial charge in [-0.25, -0.2) is 0 Å². The second kappa shape index (κ2) is 6.62. The SMILES string of the molecule is CCOc1ccc(C2=CC(N)CCC2)cc1OCC. The minimum Gasteiger partial charge on any atom is -0.490 e. The predicted molar refractivity (Wildman–Crippen MR) is 78.6 cm³/mol. The number of rotatable bonds is 5. The Labute approximate surface area is 115 Å². The van der Waals surface area contributed by atoms with Crippen molar-refractivity contribution in [1.29, 1.82) is 0 Å². The van der Waals surface area contributed by atoms with Gasteiger partial charge in [-0.1, -0.05) is 12.1 Å². The van der Waals surface area contributed by atoms with E-state index in [0.29, 0.717) is 13.2 Å². The van der Waals surface area contributed by atoms with Crippen molar-refractivity contribution < 1.29 is 9.47 Å². The summed E-state index contributed by atoms with van der Waals surface area (Å²) in [5.74, 6) is 1.63. The Hall–Kier alpha value is -1.48. The van der Waals surface area contributed by atoms with E-state index in [4.69, 9.17) is 15.2 Å². The Morgan fingerprint density at radius 2 is 1.89 bits per heavy atom. The van der Waals surface area contributed by atoms with Crippen LogP contribution in [0.5, 0.6) is 11.5 Å². The highest BCUT2D eigenvalue weighted by molar-refractivity contribution is 5.69. The van der Waals surface area contributed by atoms with Gasteiger partial charge in [0.05, 0.1) is 13.2 Å². The van der Waals surface area contributed by atoms with Crippen molar-refractivity contribution >= 4 is 5.57 Å². The van der Waals surface area contributed by atoms with Gasteiger partial charge in [0.25, 0.3) is 0 Å². The molecule has 0 amide bonds. The molecule has 0 bridgehead atoms. The fraction of sp³-hybridized carbons (Fsp3) is 0.500. The van der Waals surface area contributed by atoms with E-state index in [1.54, 1.807) is 0 Å². The van der Waals surface area contributed by atoms with Gasteiger partial charge in [0, 0.05) is 6.04 Å². The predicted octanol–water partition coefficient (Wildman–Crippen LogP) is 3.38. The van der Waals surface area contributed by atoms with Gasteiger partial charge in [-0.05, 0) is 56.4 Å². The molecule has 1 aromatic rings. The summed E-state index contributed by atoms with van der Waals surface area (Å²) in [5, 5.41) is 0. The third-order valence-corrected chi connectivity index (χ3v) is 3.31. The molecule has 1 aromatic carbocycles. The number of benzene rings is 1. The van der Waals surface area contributed by atoms with Crippen molar-refractivity contribution in [3.63, 3.8) is 0 Å². The van der Waals surface area contributed by atoms with E-state index < -0.39 is 0 Å². The third kappa shape index (κ3) is 3.51. The van der Waals surface area contributed by atoms with Crippen LogP contribution in [0.1, 0.15) is 38.7 Å². The van der Waals surface area contributed by atoms with Gasteiger partial charge in [-0.15, -0.1) is 0 Å². The summed E-state index contributed by atoms with van der Waals surface area (Å²) in [7, 11) is 0. The van der Waals surface area contributed by atoms with Gasteiger partial charge < -0.3 is 15.2 Å². The minimum absolute atomic E-state index is 0.186. The molecule has 0 fully saturated rings. The molecule has 0 aliphatic heterocycles. The molecule has 2 rings (SSSR count). The van der Waals surface area contributed by atoms with Gasteiger partial charge in [0.15, 0.2) is 11.5 Å². The second-order valence-corrected chi connectivity index (χ2v) is 4.78. The first kappa shape index (κ1) is 13.9. The van der Waals surface area contributed by atoms with E-state index in [2.05, 4.69) is 18.2 Å². The molecule has 0 spiro atoms. The number of ether oxygens (including phenoxy) is 2. The highest BCUT2D eigenvalue weighted by atomic mass is 16.5. The summed E-state index contributed by atoms with van der Waals surface area (Å²) in [6.45, 7) is 5.25. The first-order valence-corrected chi connectivity index (χ1v) is 7.10. The van der Waals surface area contributed by atoms with Crippen molar-refractivity contribution in [2.75, 3.05) is 13.2 Å². The summed E-state index contributed by atoms with van der Waals surface area (Å²) in [5.41, 5.74) is 8.52. The van der Waals surface area contributed by atoms with Crippen LogP contribution in [-0.4, -0.2) is 19.3 Å². The Balaban J connectivity index is 2.29. The Morgan fingerprint density at radius 1 is 1.16 bits per heavy atom. The van der Waals surface area contributed by atoms with Crippen LogP contribution in [0.3, 0.4) is 0 Å². The lowest BCUT2D eigenvalue weighted by Crippen LogP contribution is -2.20. The van der Waals surface area contributed by atoms with Crippen LogP contribution in [0, 0.1) is 0 Å². The Kier molecular flexibility index (Phi) is 4.86. The molecule has 0 aromatic heterocycles. The molecule has 3 heteroatoms. The van der Waals surface area contributed by atoms with E-state index in [9.17, 15) is 0 Å². The zero-order valence-corrected chi connectivity index (χ0v) is 11.8. The lowest BCUT2D eigenvalue weighted by atomic mass is 9.91. The summed E-state index contributed by atoms with van der Waals surface area (Å²) < 4.78 is 11.2. The molecular formula is C16H23NO2. The molecular weight excluding hydrogens is 238 g/mol. The van der Waals surface area contributed by atoms with Gasteiger partial charge in [0.1, 0.15) is 0 Å². The van der Waals surface area contributed by atoms with Crippen molar-refractivity contribution in [3.05, 3.63) is 29.8 Å². The number of hydrogen-bond donors (Lipinski definition) is 1. The van der Waals surface area contributed by atoms with E-state index in [-0.39, 0.29) is 6.04 Å². The summed E-state index contributed by atoms with van der Waals surface area (Å²) >= 11 is 0. The van der Waals surface area contributed by atoms with Crippen molar-refractivity contribution in [2.24, 2.45) is 5.73 Å². The smallest absolute Gasteiger partial charge is 0.161 e. The van der Waals surface area contributed by atoms with Gasteiger partial charge >= 0.3 is 0 Å². The summed E-state index contributed by atoms with van der Waals surface area (Å²) in [6, 6.07) is 6.34. The van der Waals surface area contributed by atoms with Crippen LogP contribution in [0.4, 0.5) is 0 Å². The van der Waals surface area contributed by atoms with E-state index in [1.165, 1.54) is 11.1 Å². The summed E-state index contributed by atoms with van der Waals surface area (Å²) in [6.07, 6.45) is 5.51. The molecule has 104 valence electrons.